The summed E-state index contributed by atoms with van der Waals surface area (Å²) in [6, 6.07) is 0.404. The number of halogens is 2. The van der Waals surface area contributed by atoms with E-state index in [4.69, 9.17) is 0 Å². The molecule has 1 heterocycles. The molecule has 2 N–H and O–H groups in total. The van der Waals surface area contributed by atoms with E-state index in [1.165, 1.54) is 0 Å². The standard InChI is InChI=1S/C11H18F2N4O2S/c1-7-11(20(18,19)17(2)6-10(12)13)9(16-15-7)5-14-8-3-4-8/h8,10,14H,3-6H2,1-2H3,(H,15,16). The number of rotatable bonds is 7. The summed E-state index contributed by atoms with van der Waals surface area (Å²) in [5.74, 6) is 0. The first kappa shape index (κ1) is 15.3. The van der Waals surface area contributed by atoms with Gasteiger partial charge in [-0.15, -0.1) is 0 Å². The summed E-state index contributed by atoms with van der Waals surface area (Å²) >= 11 is 0. The van der Waals surface area contributed by atoms with Crippen LogP contribution in [0.4, 0.5) is 8.78 Å². The summed E-state index contributed by atoms with van der Waals surface area (Å²) < 4.78 is 50.1. The molecule has 1 saturated carbocycles. The van der Waals surface area contributed by atoms with E-state index in [9.17, 15) is 17.2 Å². The Morgan fingerprint density at radius 3 is 2.70 bits per heavy atom. The Bertz CT molecular complexity index is 569. The highest BCUT2D eigenvalue weighted by atomic mass is 32.2. The van der Waals surface area contributed by atoms with Gasteiger partial charge in [-0.2, -0.15) is 9.40 Å². The van der Waals surface area contributed by atoms with Gasteiger partial charge in [-0.3, -0.25) is 5.10 Å². The first-order chi connectivity index (χ1) is 9.32. The molecule has 6 nitrogen and oxygen atoms in total. The fraction of sp³-hybridized carbons (Fsp3) is 0.727. The van der Waals surface area contributed by atoms with Crippen molar-refractivity contribution in [3.8, 4) is 0 Å². The number of nitrogens with one attached hydrogen (secondary N) is 2. The predicted molar refractivity (Wildman–Crippen MR) is 69.0 cm³/mol. The SMILES string of the molecule is Cc1[nH]nc(CNC2CC2)c1S(=O)(=O)N(C)CC(F)F. The number of aryl methyl sites for hydroxylation is 1. The van der Waals surface area contributed by atoms with Crippen molar-refractivity contribution in [1.82, 2.24) is 19.8 Å². The van der Waals surface area contributed by atoms with Crippen molar-refractivity contribution in [3.05, 3.63) is 11.4 Å². The van der Waals surface area contributed by atoms with Gasteiger partial charge in [0.2, 0.25) is 10.0 Å². The molecule has 20 heavy (non-hydrogen) atoms. The topological polar surface area (TPSA) is 78.1 Å². The van der Waals surface area contributed by atoms with Crippen LogP contribution in [0.15, 0.2) is 4.90 Å². The van der Waals surface area contributed by atoms with Crippen LogP contribution in [-0.2, 0) is 16.6 Å². The third-order valence-electron chi connectivity index (χ3n) is 3.16. The Morgan fingerprint density at radius 1 is 1.50 bits per heavy atom. The minimum absolute atomic E-state index is 0.00574. The van der Waals surface area contributed by atoms with E-state index < -0.39 is 23.0 Å². The summed E-state index contributed by atoms with van der Waals surface area (Å²) in [6.45, 7) is 1.05. The van der Waals surface area contributed by atoms with Gasteiger partial charge in [0.25, 0.3) is 6.43 Å². The van der Waals surface area contributed by atoms with Crippen LogP contribution >= 0.6 is 0 Å². The molecule has 1 aromatic heterocycles. The van der Waals surface area contributed by atoms with Crippen molar-refractivity contribution in [2.75, 3.05) is 13.6 Å². The minimum Gasteiger partial charge on any atom is -0.308 e. The number of H-pyrrole nitrogens is 1. The normalized spacial score (nSPS) is 16.3. The maximum Gasteiger partial charge on any atom is 0.252 e. The molecule has 0 amide bonds. The molecule has 0 aromatic carbocycles. The number of alkyl halides is 2. The van der Waals surface area contributed by atoms with Crippen molar-refractivity contribution in [1.29, 1.82) is 0 Å². The quantitative estimate of drug-likeness (QED) is 0.783. The van der Waals surface area contributed by atoms with E-state index in [1.807, 2.05) is 0 Å². The maximum atomic E-state index is 12.4. The summed E-state index contributed by atoms with van der Waals surface area (Å²) in [4.78, 5) is -0.00574. The van der Waals surface area contributed by atoms with Gasteiger partial charge in [0.1, 0.15) is 4.90 Å². The smallest absolute Gasteiger partial charge is 0.252 e. The van der Waals surface area contributed by atoms with E-state index in [2.05, 4.69) is 15.5 Å². The third-order valence-corrected chi connectivity index (χ3v) is 5.19. The van der Waals surface area contributed by atoms with Gasteiger partial charge in [0.05, 0.1) is 17.9 Å². The molecule has 0 atom stereocenters. The molecule has 1 aliphatic rings. The second kappa shape index (κ2) is 5.74. The second-order valence-electron chi connectivity index (χ2n) is 4.96. The van der Waals surface area contributed by atoms with Crippen molar-refractivity contribution >= 4 is 10.0 Å². The van der Waals surface area contributed by atoms with Gasteiger partial charge in [0, 0.05) is 19.6 Å². The molecule has 1 aromatic rings. The average molecular weight is 308 g/mol. The molecular weight excluding hydrogens is 290 g/mol. The van der Waals surface area contributed by atoms with Crippen LogP contribution in [-0.4, -0.2) is 49.0 Å². The largest absolute Gasteiger partial charge is 0.308 e. The van der Waals surface area contributed by atoms with Gasteiger partial charge in [-0.1, -0.05) is 0 Å². The lowest BCUT2D eigenvalue weighted by Gasteiger charge is -2.17. The maximum absolute atomic E-state index is 12.4. The first-order valence-corrected chi connectivity index (χ1v) is 7.78. The van der Waals surface area contributed by atoms with Crippen LogP contribution in [0.1, 0.15) is 24.2 Å². The fourth-order valence-electron chi connectivity index (χ4n) is 1.91. The van der Waals surface area contributed by atoms with Crippen LogP contribution in [0.2, 0.25) is 0 Å². The summed E-state index contributed by atoms with van der Waals surface area (Å²) in [5.41, 5.74) is 0.703. The van der Waals surface area contributed by atoms with Gasteiger partial charge in [-0.25, -0.2) is 17.2 Å². The van der Waals surface area contributed by atoms with Gasteiger partial charge in [0.15, 0.2) is 0 Å². The van der Waals surface area contributed by atoms with Crippen LogP contribution in [0.25, 0.3) is 0 Å². The van der Waals surface area contributed by atoms with E-state index in [0.29, 0.717) is 28.3 Å². The highest BCUT2D eigenvalue weighted by Crippen LogP contribution is 2.24. The van der Waals surface area contributed by atoms with Gasteiger partial charge in [-0.05, 0) is 19.8 Å². The van der Waals surface area contributed by atoms with Gasteiger partial charge >= 0.3 is 0 Å². The van der Waals surface area contributed by atoms with Crippen LogP contribution in [0, 0.1) is 6.92 Å². The van der Waals surface area contributed by atoms with E-state index >= 15 is 0 Å². The predicted octanol–water partition coefficient (Wildman–Crippen LogP) is 0.856. The monoisotopic (exact) mass is 308 g/mol. The molecule has 114 valence electrons. The molecule has 0 spiro atoms. The zero-order valence-corrected chi connectivity index (χ0v) is 12.2. The number of aromatic nitrogens is 2. The third kappa shape index (κ3) is 3.33. The molecule has 2 rings (SSSR count). The molecule has 9 heteroatoms. The van der Waals surface area contributed by atoms with E-state index in [1.54, 1.807) is 6.92 Å². The minimum atomic E-state index is -3.96. The highest BCUT2D eigenvalue weighted by Gasteiger charge is 2.31. The van der Waals surface area contributed by atoms with Crippen LogP contribution in [0.5, 0.6) is 0 Å². The summed E-state index contributed by atoms with van der Waals surface area (Å²) in [6.07, 6.45) is -0.580. The van der Waals surface area contributed by atoms with Crippen molar-refractivity contribution in [3.63, 3.8) is 0 Å². The van der Waals surface area contributed by atoms with E-state index in [-0.39, 0.29) is 4.90 Å². The fourth-order valence-corrected chi connectivity index (χ4v) is 3.38. The molecular formula is C11H18F2N4O2S. The second-order valence-corrected chi connectivity index (χ2v) is 6.94. The summed E-state index contributed by atoms with van der Waals surface area (Å²) in [5, 5.41) is 9.74. The molecule has 0 aliphatic heterocycles. The number of sulfonamides is 1. The molecule has 1 fully saturated rings. The number of aromatic amines is 1. The lowest BCUT2D eigenvalue weighted by atomic mass is 10.3. The van der Waals surface area contributed by atoms with Crippen LogP contribution in [0.3, 0.4) is 0 Å². The Hall–Kier alpha value is -1.06. The Balaban J connectivity index is 2.22. The lowest BCUT2D eigenvalue weighted by molar-refractivity contribution is 0.126. The Labute approximate surface area is 116 Å². The van der Waals surface area contributed by atoms with Crippen molar-refractivity contribution in [2.24, 2.45) is 0 Å². The van der Waals surface area contributed by atoms with Crippen molar-refractivity contribution < 1.29 is 17.2 Å². The molecule has 0 radical (unpaired) electrons. The Morgan fingerprint density at radius 2 is 2.15 bits per heavy atom. The number of nitrogens with zero attached hydrogens (tertiary/aromatic N) is 2. The zero-order chi connectivity index (χ0) is 14.9. The first-order valence-electron chi connectivity index (χ1n) is 6.34. The molecule has 1 aliphatic carbocycles. The average Bonchev–Trinajstić information content (AvgIpc) is 3.08. The Kier molecular flexibility index (Phi) is 4.40. The molecule has 0 saturated heterocycles. The highest BCUT2D eigenvalue weighted by molar-refractivity contribution is 7.89. The summed E-state index contributed by atoms with van der Waals surface area (Å²) in [7, 11) is -2.82. The number of hydrogen-bond donors (Lipinski definition) is 2. The zero-order valence-electron chi connectivity index (χ0n) is 11.4. The van der Waals surface area contributed by atoms with Crippen LogP contribution < -0.4 is 5.32 Å². The number of hydrogen-bond acceptors (Lipinski definition) is 4. The molecule has 0 bridgehead atoms. The lowest BCUT2D eigenvalue weighted by Crippen LogP contribution is -2.32. The molecule has 0 unspecified atom stereocenters. The van der Waals surface area contributed by atoms with Gasteiger partial charge < -0.3 is 5.32 Å². The van der Waals surface area contributed by atoms with E-state index in [0.717, 1.165) is 19.9 Å². The van der Waals surface area contributed by atoms with Crippen molar-refractivity contribution in [2.45, 2.75) is 43.7 Å².